The summed E-state index contributed by atoms with van der Waals surface area (Å²) >= 11 is 4.01. The van der Waals surface area contributed by atoms with Gasteiger partial charge in [-0.15, -0.1) is 23.5 Å². The molecule has 4 nitrogen and oxygen atoms in total. The molecule has 1 aliphatic heterocycles. The van der Waals surface area contributed by atoms with Gasteiger partial charge in [0.1, 0.15) is 11.6 Å². The molecular formula is C28H48N4S5. The van der Waals surface area contributed by atoms with Gasteiger partial charge in [0, 0.05) is 63.9 Å². The molecule has 2 bridgehead atoms. The van der Waals surface area contributed by atoms with Gasteiger partial charge in [0.2, 0.25) is 0 Å². The maximum Gasteiger partial charge on any atom is 0.125 e. The smallest absolute Gasteiger partial charge is 0.125 e. The Morgan fingerprint density at radius 3 is 1.19 bits per heavy atom. The number of hydrogen-bond acceptors (Lipinski definition) is 9. The molecule has 0 fully saturated rings. The Bertz CT molecular complexity index is 767. The van der Waals surface area contributed by atoms with E-state index < -0.39 is 0 Å². The van der Waals surface area contributed by atoms with Gasteiger partial charge in [-0.2, -0.15) is 0 Å². The van der Waals surface area contributed by atoms with Gasteiger partial charge in [-0.05, 0) is 97.9 Å². The highest BCUT2D eigenvalue weighted by molar-refractivity contribution is 9.12. The fraction of sp³-hybridized carbons (Fsp3) is 0.643. The number of nitrogens with zero attached hydrogens (tertiary/aromatic N) is 4. The van der Waals surface area contributed by atoms with Crippen LogP contribution in [0.25, 0.3) is 0 Å². The Hall–Kier alpha value is -0.350. The van der Waals surface area contributed by atoms with Crippen LogP contribution < -0.4 is 0 Å². The second-order valence-corrected chi connectivity index (χ2v) is 15.0. The molecule has 0 radical (unpaired) electrons. The van der Waals surface area contributed by atoms with Crippen molar-refractivity contribution in [3.63, 3.8) is 0 Å². The highest BCUT2D eigenvalue weighted by Crippen LogP contribution is 2.53. The molecule has 0 spiro atoms. The summed E-state index contributed by atoms with van der Waals surface area (Å²) in [4.78, 5) is 10.2. The molecule has 1 aromatic carbocycles. The van der Waals surface area contributed by atoms with Crippen molar-refractivity contribution in [2.45, 2.75) is 66.9 Å². The normalized spacial score (nSPS) is 14.5. The molecule has 1 heterocycles. The van der Waals surface area contributed by atoms with Gasteiger partial charge in [-0.25, -0.2) is 0 Å². The summed E-state index contributed by atoms with van der Waals surface area (Å²) in [5.74, 6) is 4.81. The highest BCUT2D eigenvalue weighted by atomic mass is 33.5. The number of rotatable bonds is 12. The van der Waals surface area contributed by atoms with Gasteiger partial charge < -0.3 is 19.6 Å². The van der Waals surface area contributed by atoms with E-state index in [1.165, 1.54) is 31.2 Å². The first kappa shape index (κ1) is 32.9. The van der Waals surface area contributed by atoms with E-state index in [0.29, 0.717) is 0 Å². The Balaban J connectivity index is 2.64. The molecule has 0 saturated heterocycles. The van der Waals surface area contributed by atoms with E-state index in [9.17, 15) is 0 Å². The number of hydrogen-bond donors (Lipinski definition) is 0. The van der Waals surface area contributed by atoms with E-state index in [1.807, 2.05) is 54.9 Å². The lowest BCUT2D eigenvalue weighted by molar-refractivity contribution is 0.235. The monoisotopic (exact) mass is 600 g/mol. The quantitative estimate of drug-likeness (QED) is 0.216. The molecule has 2 rings (SSSR count). The van der Waals surface area contributed by atoms with Gasteiger partial charge in [0.05, 0.1) is 8.47 Å². The summed E-state index contributed by atoms with van der Waals surface area (Å²) in [5.41, 5.74) is 2.83. The molecule has 0 amide bonds. The lowest BCUT2D eigenvalue weighted by Crippen LogP contribution is -2.36. The van der Waals surface area contributed by atoms with Crippen LogP contribution in [-0.4, -0.2) is 72.0 Å². The predicted octanol–water partition coefficient (Wildman–Crippen LogP) is 8.82. The van der Waals surface area contributed by atoms with E-state index in [-0.39, 0.29) is 0 Å². The average Bonchev–Trinajstić information content (AvgIpc) is 2.93. The third-order valence-electron chi connectivity index (χ3n) is 6.57. The van der Waals surface area contributed by atoms with Crippen molar-refractivity contribution in [1.29, 1.82) is 0 Å². The molecule has 210 valence electrons. The molecule has 0 aromatic heterocycles. The van der Waals surface area contributed by atoms with Crippen molar-refractivity contribution in [2.75, 3.05) is 52.4 Å². The number of fused-ring (bicyclic) bond motifs is 2. The molecule has 0 atom stereocenters. The van der Waals surface area contributed by atoms with E-state index in [4.69, 9.17) is 0 Å². The van der Waals surface area contributed by atoms with Crippen molar-refractivity contribution in [1.82, 2.24) is 19.6 Å². The van der Waals surface area contributed by atoms with Crippen LogP contribution in [0.15, 0.2) is 44.4 Å². The van der Waals surface area contributed by atoms with Crippen molar-refractivity contribution >= 4 is 54.9 Å². The van der Waals surface area contributed by atoms with E-state index in [1.54, 1.807) is 0 Å². The van der Waals surface area contributed by atoms with Crippen molar-refractivity contribution < 1.29 is 0 Å². The minimum Gasteiger partial charge on any atom is -0.357 e. The Labute approximate surface area is 248 Å². The molecule has 0 N–H and O–H groups in total. The molecule has 0 unspecified atom stereocenters. The summed E-state index contributed by atoms with van der Waals surface area (Å²) in [5, 5.41) is 0. The minimum absolute atomic E-state index is 1.00. The zero-order chi connectivity index (χ0) is 27.2. The minimum atomic E-state index is 1.00. The average molecular weight is 601 g/mol. The van der Waals surface area contributed by atoms with E-state index >= 15 is 0 Å². The Morgan fingerprint density at radius 2 is 0.892 bits per heavy atom. The standard InChI is InChI=1S/C28H48N4S5/c1-9-29(10-2)25(30(11-3)12-4)27-33-21-23-18-17-19-24(20-23)22-34-28(36-37-35-27)26(31(13-5)14-6)32(15-7)16-8/h17-20H,9-16,21-22H2,1-8H3. The second-order valence-electron chi connectivity index (χ2n) is 8.54. The lowest BCUT2D eigenvalue weighted by Gasteiger charge is -2.36. The van der Waals surface area contributed by atoms with E-state index in [2.05, 4.69) is 99.3 Å². The topological polar surface area (TPSA) is 13.0 Å². The summed E-state index contributed by atoms with van der Waals surface area (Å²) in [7, 11) is 5.85. The lowest BCUT2D eigenvalue weighted by atomic mass is 10.2. The van der Waals surface area contributed by atoms with E-state index in [0.717, 1.165) is 63.9 Å². The first-order valence-corrected chi connectivity index (χ1v) is 19.3. The van der Waals surface area contributed by atoms with Crippen LogP contribution in [0.2, 0.25) is 0 Å². The molecule has 0 saturated carbocycles. The fourth-order valence-corrected chi connectivity index (χ4v) is 12.4. The zero-order valence-electron chi connectivity index (χ0n) is 24.2. The summed E-state index contributed by atoms with van der Waals surface area (Å²) in [6.07, 6.45) is 0. The van der Waals surface area contributed by atoms with Crippen LogP contribution in [0.4, 0.5) is 0 Å². The maximum absolute atomic E-state index is 2.54. The molecule has 37 heavy (non-hydrogen) atoms. The predicted molar refractivity (Wildman–Crippen MR) is 178 cm³/mol. The van der Waals surface area contributed by atoms with Crippen LogP contribution in [-0.2, 0) is 11.5 Å². The summed E-state index contributed by atoms with van der Waals surface area (Å²) in [6, 6.07) is 9.24. The van der Waals surface area contributed by atoms with Crippen LogP contribution in [0.5, 0.6) is 0 Å². The van der Waals surface area contributed by atoms with Gasteiger partial charge in [0.25, 0.3) is 0 Å². The number of thioether (sulfide) groups is 2. The molecule has 0 aliphatic carbocycles. The first-order chi connectivity index (χ1) is 18.0. The third-order valence-corrected chi connectivity index (χ3v) is 13.7. The maximum atomic E-state index is 2.54. The summed E-state index contributed by atoms with van der Waals surface area (Å²) < 4.78 is 2.85. The molecular weight excluding hydrogens is 553 g/mol. The van der Waals surface area contributed by atoms with Crippen LogP contribution in [0, 0.1) is 0 Å². The largest absolute Gasteiger partial charge is 0.357 e. The SMILES string of the molecule is CCN(CC)C(=C1SCc2cccc(c2)CSC(=C(N(CC)CC)N(CC)CC)SSS1)N(CC)CC. The van der Waals surface area contributed by atoms with Crippen molar-refractivity contribution in [3.8, 4) is 0 Å². The molecule has 1 aromatic rings. The van der Waals surface area contributed by atoms with Gasteiger partial charge in [0.15, 0.2) is 0 Å². The van der Waals surface area contributed by atoms with Gasteiger partial charge in [-0.1, -0.05) is 24.3 Å². The van der Waals surface area contributed by atoms with Crippen molar-refractivity contribution in [3.05, 3.63) is 55.5 Å². The number of benzene rings is 1. The zero-order valence-corrected chi connectivity index (χ0v) is 28.3. The van der Waals surface area contributed by atoms with Crippen molar-refractivity contribution in [2.24, 2.45) is 0 Å². The van der Waals surface area contributed by atoms with Gasteiger partial charge >= 0.3 is 0 Å². The van der Waals surface area contributed by atoms with Crippen LogP contribution in [0.3, 0.4) is 0 Å². The summed E-state index contributed by atoms with van der Waals surface area (Å²) in [6.45, 7) is 26.4. The molecule has 1 aliphatic rings. The second kappa shape index (κ2) is 18.1. The Morgan fingerprint density at radius 1 is 0.568 bits per heavy atom. The molecule has 9 heteroatoms. The fourth-order valence-electron chi connectivity index (χ4n) is 4.45. The third kappa shape index (κ3) is 9.37. The Kier molecular flexibility index (Phi) is 16.1. The van der Waals surface area contributed by atoms with Gasteiger partial charge in [-0.3, -0.25) is 0 Å². The first-order valence-electron chi connectivity index (χ1n) is 13.8. The van der Waals surface area contributed by atoms with Crippen LogP contribution in [0.1, 0.15) is 66.5 Å². The highest BCUT2D eigenvalue weighted by Gasteiger charge is 2.23. The van der Waals surface area contributed by atoms with Crippen LogP contribution >= 0.6 is 54.9 Å².